The molecule has 0 atom stereocenters. The maximum atomic E-state index is 13.4. The molecule has 0 saturated heterocycles. The summed E-state index contributed by atoms with van der Waals surface area (Å²) < 4.78 is 5.21. The molecule has 1 amide bonds. The zero-order valence-electron chi connectivity index (χ0n) is 17.6. The predicted octanol–water partition coefficient (Wildman–Crippen LogP) is 6.09. The number of benzene rings is 3. The minimum Gasteiger partial charge on any atom is -0.497 e. The van der Waals surface area contributed by atoms with E-state index in [1.807, 2.05) is 81.4 Å². The third-order valence-corrected chi connectivity index (χ3v) is 5.29. The molecule has 1 N–H and O–H groups in total. The number of hydrogen-bond donors (Lipinski definition) is 1. The van der Waals surface area contributed by atoms with Crippen LogP contribution < -0.4 is 10.1 Å². The average Bonchev–Trinajstić information content (AvgIpc) is 2.74. The van der Waals surface area contributed by atoms with Crippen LogP contribution in [-0.4, -0.2) is 18.0 Å². The first-order valence-corrected chi connectivity index (χ1v) is 9.90. The molecular formula is C26H24N2O2. The Balaban J connectivity index is 1.89. The van der Waals surface area contributed by atoms with Crippen LogP contribution in [0.2, 0.25) is 0 Å². The van der Waals surface area contributed by atoms with Gasteiger partial charge < -0.3 is 10.1 Å². The molecule has 0 aliphatic rings. The highest BCUT2D eigenvalue weighted by Gasteiger charge is 2.20. The quantitative estimate of drug-likeness (QED) is 0.454. The summed E-state index contributed by atoms with van der Waals surface area (Å²) in [6.45, 7) is 6.05. The van der Waals surface area contributed by atoms with E-state index < -0.39 is 0 Å². The number of nitrogens with zero attached hydrogens (tertiary/aromatic N) is 1. The monoisotopic (exact) mass is 396 g/mol. The number of anilines is 1. The highest BCUT2D eigenvalue weighted by molar-refractivity contribution is 6.15. The molecule has 0 bridgehead atoms. The van der Waals surface area contributed by atoms with Crippen molar-refractivity contribution < 1.29 is 9.53 Å². The van der Waals surface area contributed by atoms with Gasteiger partial charge in [-0.3, -0.25) is 4.79 Å². The van der Waals surface area contributed by atoms with E-state index in [1.54, 1.807) is 7.11 Å². The Hall–Kier alpha value is -3.66. The molecule has 4 aromatic rings. The maximum absolute atomic E-state index is 13.4. The Bertz CT molecular complexity index is 1230. The Morgan fingerprint density at radius 1 is 0.933 bits per heavy atom. The van der Waals surface area contributed by atoms with Gasteiger partial charge in [0.05, 0.1) is 23.9 Å². The number of aromatic nitrogens is 1. The van der Waals surface area contributed by atoms with Crippen molar-refractivity contribution in [3.63, 3.8) is 0 Å². The minimum absolute atomic E-state index is 0.146. The molecule has 0 radical (unpaired) electrons. The van der Waals surface area contributed by atoms with Crippen molar-refractivity contribution >= 4 is 22.5 Å². The van der Waals surface area contributed by atoms with Crippen molar-refractivity contribution in [2.75, 3.05) is 12.4 Å². The molecule has 30 heavy (non-hydrogen) atoms. The standard InChI is InChI=1S/C26H24N2O2/c1-16-14-17(2)24-22(15-16)23(18(3)25(28-24)19-8-6-5-7-9-19)26(29)27-20-10-12-21(30-4)13-11-20/h5-15H,1-4H3,(H,27,29). The molecule has 0 aliphatic heterocycles. The molecule has 0 fully saturated rings. The summed E-state index contributed by atoms with van der Waals surface area (Å²) >= 11 is 0. The SMILES string of the molecule is COc1ccc(NC(=O)c2c(C)c(-c3ccccc3)nc3c(C)cc(C)cc23)cc1. The first kappa shape index (κ1) is 19.6. The van der Waals surface area contributed by atoms with Gasteiger partial charge in [0.15, 0.2) is 0 Å². The van der Waals surface area contributed by atoms with Crippen molar-refractivity contribution in [3.05, 3.63) is 89.0 Å². The van der Waals surface area contributed by atoms with Gasteiger partial charge in [0, 0.05) is 16.6 Å². The van der Waals surface area contributed by atoms with Crippen LogP contribution in [0.15, 0.2) is 66.7 Å². The second-order valence-corrected chi connectivity index (χ2v) is 7.49. The minimum atomic E-state index is -0.146. The lowest BCUT2D eigenvalue weighted by atomic mass is 9.94. The van der Waals surface area contributed by atoms with Crippen LogP contribution in [0.3, 0.4) is 0 Å². The summed E-state index contributed by atoms with van der Waals surface area (Å²) in [6, 6.07) is 21.5. The third-order valence-electron chi connectivity index (χ3n) is 5.29. The molecule has 4 heteroatoms. The molecule has 0 saturated carbocycles. The molecule has 150 valence electrons. The second-order valence-electron chi connectivity index (χ2n) is 7.49. The van der Waals surface area contributed by atoms with E-state index in [2.05, 4.69) is 11.4 Å². The van der Waals surface area contributed by atoms with Crippen molar-refractivity contribution in [2.45, 2.75) is 20.8 Å². The summed E-state index contributed by atoms with van der Waals surface area (Å²) in [5.74, 6) is 0.600. The largest absolute Gasteiger partial charge is 0.497 e. The van der Waals surface area contributed by atoms with E-state index in [1.165, 1.54) is 0 Å². The smallest absolute Gasteiger partial charge is 0.256 e. The lowest BCUT2D eigenvalue weighted by molar-refractivity contribution is 0.102. The van der Waals surface area contributed by atoms with Crippen LogP contribution >= 0.6 is 0 Å². The van der Waals surface area contributed by atoms with Gasteiger partial charge in [-0.2, -0.15) is 0 Å². The van der Waals surface area contributed by atoms with E-state index in [0.717, 1.165) is 50.3 Å². The van der Waals surface area contributed by atoms with Crippen LogP contribution in [0.25, 0.3) is 22.2 Å². The first-order valence-electron chi connectivity index (χ1n) is 9.90. The van der Waals surface area contributed by atoms with Crippen molar-refractivity contribution in [3.8, 4) is 17.0 Å². The molecule has 4 rings (SSSR count). The van der Waals surface area contributed by atoms with Crippen molar-refractivity contribution in [1.29, 1.82) is 0 Å². The number of hydrogen-bond acceptors (Lipinski definition) is 3. The van der Waals surface area contributed by atoms with Crippen molar-refractivity contribution in [1.82, 2.24) is 4.98 Å². The van der Waals surface area contributed by atoms with Crippen LogP contribution in [0, 0.1) is 20.8 Å². The number of methoxy groups -OCH3 is 1. The zero-order valence-corrected chi connectivity index (χ0v) is 17.6. The summed E-state index contributed by atoms with van der Waals surface area (Å²) in [7, 11) is 1.62. The number of ether oxygens (including phenoxy) is 1. The van der Waals surface area contributed by atoms with Gasteiger partial charge in [0.1, 0.15) is 5.75 Å². The summed E-state index contributed by atoms with van der Waals surface area (Å²) in [6.07, 6.45) is 0. The number of amides is 1. The highest BCUT2D eigenvalue weighted by atomic mass is 16.5. The average molecular weight is 396 g/mol. The number of carbonyl (C=O) groups is 1. The van der Waals surface area contributed by atoms with E-state index in [9.17, 15) is 4.79 Å². The Labute approximate surface area is 176 Å². The molecule has 1 aromatic heterocycles. The van der Waals surface area contributed by atoms with E-state index >= 15 is 0 Å². The number of carbonyl (C=O) groups excluding carboxylic acids is 1. The Kier molecular flexibility index (Phi) is 5.23. The van der Waals surface area contributed by atoms with E-state index in [0.29, 0.717) is 5.56 Å². The van der Waals surface area contributed by atoms with Crippen molar-refractivity contribution in [2.24, 2.45) is 0 Å². The van der Waals surface area contributed by atoms with E-state index in [4.69, 9.17) is 9.72 Å². The maximum Gasteiger partial charge on any atom is 0.256 e. The number of aryl methyl sites for hydroxylation is 2. The fourth-order valence-corrected chi connectivity index (χ4v) is 3.85. The summed E-state index contributed by atoms with van der Waals surface area (Å²) in [4.78, 5) is 18.4. The van der Waals surface area contributed by atoms with Crippen LogP contribution in [0.1, 0.15) is 27.0 Å². The molecule has 0 unspecified atom stereocenters. The fraction of sp³-hybridized carbons (Fsp3) is 0.154. The predicted molar refractivity (Wildman–Crippen MR) is 122 cm³/mol. The highest BCUT2D eigenvalue weighted by Crippen LogP contribution is 2.32. The Morgan fingerprint density at radius 2 is 1.63 bits per heavy atom. The Morgan fingerprint density at radius 3 is 2.30 bits per heavy atom. The third kappa shape index (κ3) is 3.64. The molecule has 4 nitrogen and oxygen atoms in total. The van der Waals surface area contributed by atoms with Crippen LogP contribution in [0.4, 0.5) is 5.69 Å². The number of pyridine rings is 1. The van der Waals surface area contributed by atoms with Crippen LogP contribution in [0.5, 0.6) is 5.75 Å². The van der Waals surface area contributed by atoms with Gasteiger partial charge in [-0.1, -0.05) is 42.0 Å². The zero-order chi connectivity index (χ0) is 21.3. The lowest BCUT2D eigenvalue weighted by Gasteiger charge is -2.17. The molecule has 3 aromatic carbocycles. The normalized spacial score (nSPS) is 10.8. The molecule has 0 aliphatic carbocycles. The second kappa shape index (κ2) is 7.99. The van der Waals surface area contributed by atoms with E-state index in [-0.39, 0.29) is 5.91 Å². The topological polar surface area (TPSA) is 51.2 Å². The number of rotatable bonds is 4. The van der Waals surface area contributed by atoms with Gasteiger partial charge in [-0.25, -0.2) is 4.98 Å². The molecular weight excluding hydrogens is 372 g/mol. The van der Waals surface area contributed by atoms with Gasteiger partial charge >= 0.3 is 0 Å². The van der Waals surface area contributed by atoms with Gasteiger partial charge in [-0.15, -0.1) is 0 Å². The van der Waals surface area contributed by atoms with Gasteiger partial charge in [0.2, 0.25) is 0 Å². The summed E-state index contributed by atoms with van der Waals surface area (Å²) in [5.41, 5.74) is 7.07. The summed E-state index contributed by atoms with van der Waals surface area (Å²) in [5, 5.41) is 3.91. The molecule has 0 spiro atoms. The van der Waals surface area contributed by atoms with Gasteiger partial charge in [-0.05, 0) is 62.2 Å². The molecule has 1 heterocycles. The fourth-order valence-electron chi connectivity index (χ4n) is 3.85. The van der Waals surface area contributed by atoms with Gasteiger partial charge in [0.25, 0.3) is 5.91 Å². The first-order chi connectivity index (χ1) is 14.5. The lowest BCUT2D eigenvalue weighted by Crippen LogP contribution is -2.15. The number of nitrogens with one attached hydrogen (secondary N) is 1. The number of fused-ring (bicyclic) bond motifs is 1. The van der Waals surface area contributed by atoms with Crippen LogP contribution in [-0.2, 0) is 0 Å².